The zero-order valence-corrected chi connectivity index (χ0v) is 4.15. The van der Waals surface area contributed by atoms with Crippen molar-refractivity contribution in [2.45, 2.75) is 12.8 Å². The van der Waals surface area contributed by atoms with Gasteiger partial charge in [-0.2, -0.15) is 0 Å². The van der Waals surface area contributed by atoms with Gasteiger partial charge in [0.1, 0.15) is 0 Å². The number of amidine groups is 1. The van der Waals surface area contributed by atoms with Crippen LogP contribution < -0.4 is 5.73 Å². The third-order valence-corrected chi connectivity index (χ3v) is 0.604. The molecule has 0 fully saturated rings. The maximum Gasteiger partial charge on any atom is 0.0906 e. The molecule has 0 saturated carbocycles. The second kappa shape index (κ2) is 3.61. The largest absolute Gasteiger partial charge is 0.396 e. The topological polar surface area (TPSA) is 70.1 Å². The first-order valence-electron chi connectivity index (χ1n) is 2.21. The fourth-order valence-corrected chi connectivity index (χ4v) is 0.270. The summed E-state index contributed by atoms with van der Waals surface area (Å²) in [6.45, 7) is 0.125. The predicted octanol–water partition coefficient (Wildman–Crippen LogP) is -0.305. The van der Waals surface area contributed by atoms with Crippen LogP contribution in [-0.2, 0) is 0 Å². The summed E-state index contributed by atoms with van der Waals surface area (Å²) in [4.78, 5) is 0. The van der Waals surface area contributed by atoms with Gasteiger partial charge >= 0.3 is 0 Å². The Morgan fingerprint density at radius 3 is 2.43 bits per heavy atom. The predicted molar refractivity (Wildman–Crippen MR) is 28.2 cm³/mol. The van der Waals surface area contributed by atoms with E-state index in [4.69, 9.17) is 16.2 Å². The van der Waals surface area contributed by atoms with Crippen molar-refractivity contribution in [3.8, 4) is 0 Å². The van der Waals surface area contributed by atoms with E-state index < -0.39 is 0 Å². The minimum Gasteiger partial charge on any atom is -0.396 e. The summed E-state index contributed by atoms with van der Waals surface area (Å²) in [6, 6.07) is 0. The molecule has 3 heteroatoms. The van der Waals surface area contributed by atoms with Gasteiger partial charge in [-0.05, 0) is 6.42 Å². The van der Waals surface area contributed by atoms with Gasteiger partial charge < -0.3 is 10.8 Å². The first-order chi connectivity index (χ1) is 3.27. The minimum absolute atomic E-state index is 0.125. The fraction of sp³-hybridized carbons (Fsp3) is 0.750. The standard InChI is InChI=1S/C4H10N2O/c5-4(6)2-1-3-7/h7H,1-3H2,(H3,5,6). The lowest BCUT2D eigenvalue weighted by Gasteiger charge is -1.90. The van der Waals surface area contributed by atoms with E-state index in [0.29, 0.717) is 12.8 Å². The van der Waals surface area contributed by atoms with E-state index in [1.807, 2.05) is 0 Å². The molecule has 4 N–H and O–H groups in total. The third kappa shape index (κ3) is 5.43. The highest BCUT2D eigenvalue weighted by atomic mass is 16.2. The highest BCUT2D eigenvalue weighted by molar-refractivity contribution is 5.76. The molecule has 0 bridgehead atoms. The molecule has 0 aliphatic carbocycles. The van der Waals surface area contributed by atoms with Gasteiger partial charge in [0.2, 0.25) is 0 Å². The Kier molecular flexibility index (Phi) is 3.32. The molecular weight excluding hydrogens is 92.1 g/mol. The first kappa shape index (κ1) is 6.43. The SMILES string of the molecule is N=C(N)CCCO. The maximum atomic E-state index is 8.16. The first-order valence-corrected chi connectivity index (χ1v) is 2.21. The molecule has 0 aliphatic rings. The van der Waals surface area contributed by atoms with Crippen LogP contribution >= 0.6 is 0 Å². The number of hydrogen-bond acceptors (Lipinski definition) is 2. The van der Waals surface area contributed by atoms with Crippen molar-refractivity contribution in [3.63, 3.8) is 0 Å². The monoisotopic (exact) mass is 102 g/mol. The Hall–Kier alpha value is -0.570. The van der Waals surface area contributed by atoms with Gasteiger partial charge in [0, 0.05) is 13.0 Å². The molecule has 0 rings (SSSR count). The van der Waals surface area contributed by atoms with Crippen LogP contribution in [0.25, 0.3) is 0 Å². The summed E-state index contributed by atoms with van der Waals surface area (Å²) >= 11 is 0. The van der Waals surface area contributed by atoms with Gasteiger partial charge in [0.15, 0.2) is 0 Å². The Morgan fingerprint density at radius 1 is 1.71 bits per heavy atom. The molecule has 7 heavy (non-hydrogen) atoms. The average molecular weight is 102 g/mol. The van der Waals surface area contributed by atoms with Gasteiger partial charge in [-0.25, -0.2) is 0 Å². The number of aliphatic hydroxyl groups excluding tert-OH is 1. The van der Waals surface area contributed by atoms with E-state index in [-0.39, 0.29) is 12.4 Å². The summed E-state index contributed by atoms with van der Waals surface area (Å²) in [7, 11) is 0. The third-order valence-electron chi connectivity index (χ3n) is 0.604. The molecule has 0 aromatic carbocycles. The summed E-state index contributed by atoms with van der Waals surface area (Å²) in [5.74, 6) is 0.147. The van der Waals surface area contributed by atoms with E-state index in [2.05, 4.69) is 0 Å². The molecule has 0 atom stereocenters. The van der Waals surface area contributed by atoms with Crippen molar-refractivity contribution in [3.05, 3.63) is 0 Å². The second-order valence-corrected chi connectivity index (χ2v) is 1.35. The number of nitrogens with one attached hydrogen (secondary N) is 1. The molecule has 0 radical (unpaired) electrons. The zero-order valence-electron chi connectivity index (χ0n) is 4.15. The van der Waals surface area contributed by atoms with E-state index in [1.54, 1.807) is 0 Å². The van der Waals surface area contributed by atoms with Gasteiger partial charge in [-0.1, -0.05) is 0 Å². The van der Waals surface area contributed by atoms with Crippen LogP contribution in [0.3, 0.4) is 0 Å². The summed E-state index contributed by atoms with van der Waals surface area (Å²) in [5.41, 5.74) is 4.95. The Bertz CT molecular complexity index is 62.7. The van der Waals surface area contributed by atoms with Crippen LogP contribution in [0.2, 0.25) is 0 Å². The second-order valence-electron chi connectivity index (χ2n) is 1.35. The van der Waals surface area contributed by atoms with Gasteiger partial charge in [-0.15, -0.1) is 0 Å². The molecular formula is C4H10N2O. The van der Waals surface area contributed by atoms with Crippen LogP contribution in [0.1, 0.15) is 12.8 Å². The molecule has 0 aromatic rings. The Morgan fingerprint density at radius 2 is 2.29 bits per heavy atom. The highest BCUT2D eigenvalue weighted by Gasteiger charge is 1.84. The van der Waals surface area contributed by atoms with E-state index >= 15 is 0 Å². The number of aliphatic hydroxyl groups is 1. The van der Waals surface area contributed by atoms with Crippen LogP contribution in [0.15, 0.2) is 0 Å². The van der Waals surface area contributed by atoms with Crippen LogP contribution in [0, 0.1) is 5.41 Å². The van der Waals surface area contributed by atoms with Gasteiger partial charge in [0.05, 0.1) is 5.84 Å². The van der Waals surface area contributed by atoms with Crippen LogP contribution in [0.4, 0.5) is 0 Å². The quantitative estimate of drug-likeness (QED) is 0.338. The van der Waals surface area contributed by atoms with Crippen molar-refractivity contribution in [1.82, 2.24) is 0 Å². The average Bonchev–Trinajstić information content (AvgIpc) is 1.61. The van der Waals surface area contributed by atoms with Crippen molar-refractivity contribution < 1.29 is 5.11 Å². The lowest BCUT2D eigenvalue weighted by molar-refractivity contribution is 0.291. The van der Waals surface area contributed by atoms with Gasteiger partial charge in [-0.3, -0.25) is 5.41 Å². The molecule has 0 aromatic heterocycles. The Labute approximate surface area is 42.7 Å². The lowest BCUT2D eigenvalue weighted by Crippen LogP contribution is -2.09. The van der Waals surface area contributed by atoms with E-state index in [0.717, 1.165) is 0 Å². The summed E-state index contributed by atoms with van der Waals surface area (Å²) < 4.78 is 0. The van der Waals surface area contributed by atoms with Crippen molar-refractivity contribution in [2.24, 2.45) is 5.73 Å². The molecule has 42 valence electrons. The number of hydrogen-bond donors (Lipinski definition) is 3. The van der Waals surface area contributed by atoms with E-state index in [9.17, 15) is 0 Å². The summed E-state index contributed by atoms with van der Waals surface area (Å²) in [5, 5.41) is 14.8. The van der Waals surface area contributed by atoms with Crippen LogP contribution in [-0.4, -0.2) is 17.5 Å². The molecule has 0 saturated heterocycles. The van der Waals surface area contributed by atoms with Crippen molar-refractivity contribution >= 4 is 5.84 Å². The zero-order chi connectivity index (χ0) is 5.70. The fourth-order valence-electron chi connectivity index (χ4n) is 0.270. The smallest absolute Gasteiger partial charge is 0.0906 e. The summed E-state index contributed by atoms with van der Waals surface area (Å²) in [6.07, 6.45) is 1.12. The highest BCUT2D eigenvalue weighted by Crippen LogP contribution is 1.82. The van der Waals surface area contributed by atoms with Crippen molar-refractivity contribution in [1.29, 1.82) is 5.41 Å². The molecule has 0 unspecified atom stereocenters. The van der Waals surface area contributed by atoms with Crippen molar-refractivity contribution in [2.75, 3.05) is 6.61 Å². The number of rotatable bonds is 3. The lowest BCUT2D eigenvalue weighted by atomic mass is 10.3. The molecule has 0 aliphatic heterocycles. The van der Waals surface area contributed by atoms with Gasteiger partial charge in [0.25, 0.3) is 0 Å². The minimum atomic E-state index is 0.125. The molecule has 0 spiro atoms. The maximum absolute atomic E-state index is 8.16. The van der Waals surface area contributed by atoms with Crippen LogP contribution in [0.5, 0.6) is 0 Å². The van der Waals surface area contributed by atoms with E-state index in [1.165, 1.54) is 0 Å². The molecule has 0 heterocycles. The molecule has 3 nitrogen and oxygen atoms in total. The number of nitrogens with two attached hydrogens (primary N) is 1. The normalized spacial score (nSPS) is 8.71. The molecule has 0 amide bonds. The Balaban J connectivity index is 2.82.